The minimum Gasteiger partial charge on any atom is -0.357 e. The summed E-state index contributed by atoms with van der Waals surface area (Å²) in [6.07, 6.45) is 7.63. The summed E-state index contributed by atoms with van der Waals surface area (Å²) < 4.78 is 14.6. The molecule has 7 nitrogen and oxygen atoms in total. The van der Waals surface area contributed by atoms with E-state index in [1.165, 1.54) is 6.33 Å². The molecule has 4 rings (SSSR count). The summed E-state index contributed by atoms with van der Waals surface area (Å²) in [4.78, 5) is 25.8. The number of hydrogen-bond donors (Lipinski definition) is 0. The van der Waals surface area contributed by atoms with E-state index < -0.39 is 0 Å². The van der Waals surface area contributed by atoms with Crippen LogP contribution in [0.2, 0.25) is 0 Å². The Balaban J connectivity index is 1.44. The summed E-state index contributed by atoms with van der Waals surface area (Å²) >= 11 is 0. The first kappa shape index (κ1) is 19.4. The SMILES string of the molecule is CCc1ncnc(N(C)CC2CCN(c3nc(C)nc4cnccc34)CC2)c1F. The lowest BCUT2D eigenvalue weighted by molar-refractivity contribution is 0.405. The summed E-state index contributed by atoms with van der Waals surface area (Å²) in [5.41, 5.74) is 1.35. The van der Waals surface area contributed by atoms with Gasteiger partial charge in [0.15, 0.2) is 11.6 Å². The first-order valence-corrected chi connectivity index (χ1v) is 10.1. The van der Waals surface area contributed by atoms with Gasteiger partial charge in [0.1, 0.15) is 18.0 Å². The molecule has 0 saturated carbocycles. The summed E-state index contributed by atoms with van der Waals surface area (Å²) in [5, 5.41) is 1.04. The molecule has 0 spiro atoms. The van der Waals surface area contributed by atoms with Crippen LogP contribution in [0.15, 0.2) is 24.8 Å². The van der Waals surface area contributed by atoms with Gasteiger partial charge >= 0.3 is 0 Å². The van der Waals surface area contributed by atoms with Crippen LogP contribution < -0.4 is 9.80 Å². The average molecular weight is 395 g/mol. The van der Waals surface area contributed by atoms with Gasteiger partial charge in [0.25, 0.3) is 0 Å². The van der Waals surface area contributed by atoms with Gasteiger partial charge in [0, 0.05) is 38.3 Å². The Hall–Kier alpha value is -2.90. The topological polar surface area (TPSA) is 70.9 Å². The van der Waals surface area contributed by atoms with Gasteiger partial charge in [0.05, 0.1) is 17.4 Å². The van der Waals surface area contributed by atoms with Crippen LogP contribution in [-0.4, -0.2) is 51.6 Å². The molecular formula is C21H26FN7. The molecule has 0 atom stereocenters. The van der Waals surface area contributed by atoms with Crippen LogP contribution in [0, 0.1) is 18.7 Å². The fraction of sp³-hybridized carbons (Fsp3) is 0.476. The van der Waals surface area contributed by atoms with Gasteiger partial charge in [-0.2, -0.15) is 0 Å². The maximum Gasteiger partial charge on any atom is 0.187 e. The first-order valence-electron chi connectivity index (χ1n) is 10.1. The lowest BCUT2D eigenvalue weighted by atomic mass is 9.96. The molecule has 0 radical (unpaired) electrons. The van der Waals surface area contributed by atoms with Crippen molar-refractivity contribution in [3.63, 3.8) is 0 Å². The van der Waals surface area contributed by atoms with E-state index in [4.69, 9.17) is 4.98 Å². The molecule has 4 heterocycles. The standard InChI is InChI=1S/C21H26FN7/c1-4-17-19(22)21(25-13-24-17)28(3)12-15-6-9-29(10-7-15)20-16-5-8-23-11-18(16)26-14(2)27-20/h5,8,11,13,15H,4,6-7,9-10,12H2,1-3H3. The van der Waals surface area contributed by atoms with Gasteiger partial charge in [-0.1, -0.05) is 6.92 Å². The van der Waals surface area contributed by atoms with E-state index in [2.05, 4.69) is 24.8 Å². The lowest BCUT2D eigenvalue weighted by Crippen LogP contribution is -2.38. The summed E-state index contributed by atoms with van der Waals surface area (Å²) in [6, 6.07) is 1.98. The molecule has 152 valence electrons. The molecule has 0 bridgehead atoms. The highest BCUT2D eigenvalue weighted by atomic mass is 19.1. The van der Waals surface area contributed by atoms with Crippen molar-refractivity contribution >= 4 is 22.5 Å². The van der Waals surface area contributed by atoms with Crippen LogP contribution in [0.25, 0.3) is 10.9 Å². The molecule has 29 heavy (non-hydrogen) atoms. The number of anilines is 2. The minimum absolute atomic E-state index is 0.300. The highest BCUT2D eigenvalue weighted by molar-refractivity contribution is 5.88. The zero-order chi connectivity index (χ0) is 20.4. The third-order valence-corrected chi connectivity index (χ3v) is 5.58. The average Bonchev–Trinajstić information content (AvgIpc) is 2.74. The van der Waals surface area contributed by atoms with Crippen LogP contribution in [0.1, 0.15) is 31.3 Å². The first-order chi connectivity index (χ1) is 14.1. The van der Waals surface area contributed by atoms with Crippen molar-refractivity contribution in [1.82, 2.24) is 24.9 Å². The van der Waals surface area contributed by atoms with Crippen LogP contribution >= 0.6 is 0 Å². The van der Waals surface area contributed by atoms with E-state index in [9.17, 15) is 4.39 Å². The van der Waals surface area contributed by atoms with Crippen molar-refractivity contribution in [1.29, 1.82) is 0 Å². The van der Waals surface area contributed by atoms with Crippen molar-refractivity contribution in [2.45, 2.75) is 33.1 Å². The van der Waals surface area contributed by atoms with Crippen molar-refractivity contribution in [3.8, 4) is 0 Å². The number of fused-ring (bicyclic) bond motifs is 1. The molecule has 0 amide bonds. The molecule has 0 aromatic carbocycles. The Morgan fingerprint density at radius 2 is 2.00 bits per heavy atom. The predicted molar refractivity (Wildman–Crippen MR) is 112 cm³/mol. The van der Waals surface area contributed by atoms with Gasteiger partial charge in [0.2, 0.25) is 0 Å². The molecular weight excluding hydrogens is 369 g/mol. The highest BCUT2D eigenvalue weighted by Gasteiger charge is 2.24. The van der Waals surface area contributed by atoms with E-state index in [-0.39, 0.29) is 5.82 Å². The monoisotopic (exact) mass is 395 g/mol. The quantitative estimate of drug-likeness (QED) is 0.657. The largest absolute Gasteiger partial charge is 0.357 e. The van der Waals surface area contributed by atoms with E-state index in [0.29, 0.717) is 23.9 Å². The fourth-order valence-electron chi connectivity index (χ4n) is 4.03. The number of rotatable bonds is 5. The second-order valence-electron chi connectivity index (χ2n) is 7.61. The van der Waals surface area contributed by atoms with Crippen molar-refractivity contribution < 1.29 is 4.39 Å². The summed E-state index contributed by atoms with van der Waals surface area (Å²) in [5.74, 6) is 2.31. The number of pyridine rings is 1. The molecule has 3 aromatic heterocycles. The van der Waals surface area contributed by atoms with E-state index in [1.807, 2.05) is 31.9 Å². The Labute approximate surface area is 170 Å². The number of aromatic nitrogens is 5. The normalized spacial score (nSPS) is 15.1. The Kier molecular flexibility index (Phi) is 5.51. The van der Waals surface area contributed by atoms with Crippen molar-refractivity contribution in [2.24, 2.45) is 5.92 Å². The summed E-state index contributed by atoms with van der Waals surface area (Å²) in [6.45, 7) is 6.42. The molecule has 3 aromatic rings. The molecule has 0 unspecified atom stereocenters. The Morgan fingerprint density at radius 1 is 1.21 bits per heavy atom. The maximum atomic E-state index is 14.6. The van der Waals surface area contributed by atoms with Crippen LogP contribution in [0.3, 0.4) is 0 Å². The van der Waals surface area contributed by atoms with Gasteiger partial charge < -0.3 is 9.80 Å². The number of hydrogen-bond acceptors (Lipinski definition) is 7. The molecule has 1 saturated heterocycles. The van der Waals surface area contributed by atoms with E-state index in [1.54, 1.807) is 12.4 Å². The molecule has 1 aliphatic rings. The third-order valence-electron chi connectivity index (χ3n) is 5.58. The fourth-order valence-corrected chi connectivity index (χ4v) is 4.03. The van der Waals surface area contributed by atoms with Crippen LogP contribution in [0.5, 0.6) is 0 Å². The summed E-state index contributed by atoms with van der Waals surface area (Å²) in [7, 11) is 1.91. The number of halogens is 1. The molecule has 0 N–H and O–H groups in total. The number of piperidine rings is 1. The van der Waals surface area contributed by atoms with Gasteiger partial charge in [-0.05, 0) is 38.2 Å². The molecule has 8 heteroatoms. The second kappa shape index (κ2) is 8.23. The smallest absolute Gasteiger partial charge is 0.187 e. The minimum atomic E-state index is -0.300. The number of nitrogens with zero attached hydrogens (tertiary/aromatic N) is 7. The van der Waals surface area contributed by atoms with Gasteiger partial charge in [-0.25, -0.2) is 24.3 Å². The zero-order valence-electron chi connectivity index (χ0n) is 17.1. The third kappa shape index (κ3) is 3.97. The van der Waals surface area contributed by atoms with Crippen LogP contribution in [-0.2, 0) is 6.42 Å². The predicted octanol–water partition coefficient (Wildman–Crippen LogP) is 3.18. The zero-order valence-corrected chi connectivity index (χ0v) is 17.1. The Bertz CT molecular complexity index is 1000. The maximum absolute atomic E-state index is 14.6. The molecule has 1 aliphatic heterocycles. The molecule has 0 aliphatic carbocycles. The van der Waals surface area contributed by atoms with Crippen molar-refractivity contribution in [3.05, 3.63) is 42.1 Å². The van der Waals surface area contributed by atoms with Crippen molar-refractivity contribution in [2.75, 3.05) is 36.5 Å². The number of aryl methyl sites for hydroxylation is 2. The highest BCUT2D eigenvalue weighted by Crippen LogP contribution is 2.28. The molecule has 1 fully saturated rings. The van der Waals surface area contributed by atoms with Gasteiger partial charge in [-0.3, -0.25) is 4.98 Å². The second-order valence-corrected chi connectivity index (χ2v) is 7.61. The Morgan fingerprint density at radius 3 is 2.76 bits per heavy atom. The van der Waals surface area contributed by atoms with E-state index in [0.717, 1.165) is 55.0 Å². The lowest BCUT2D eigenvalue weighted by Gasteiger charge is -2.35. The van der Waals surface area contributed by atoms with E-state index >= 15 is 0 Å². The van der Waals surface area contributed by atoms with Gasteiger partial charge in [-0.15, -0.1) is 0 Å². The van der Waals surface area contributed by atoms with Crippen LogP contribution in [0.4, 0.5) is 16.0 Å².